The fourth-order valence-corrected chi connectivity index (χ4v) is 4.23. The summed E-state index contributed by atoms with van der Waals surface area (Å²) < 4.78 is 0. The van der Waals surface area contributed by atoms with Gasteiger partial charge in [0.2, 0.25) is 0 Å². The lowest BCUT2D eigenvalue weighted by Crippen LogP contribution is -2.17. The van der Waals surface area contributed by atoms with Gasteiger partial charge in [-0.3, -0.25) is 0 Å². The van der Waals surface area contributed by atoms with Crippen LogP contribution in [0, 0.1) is 0 Å². The molecule has 2 N–H and O–H groups in total. The fraction of sp³-hybridized carbons (Fsp3) is 0.391. The minimum Gasteiger partial charge on any atom is -0.507 e. The summed E-state index contributed by atoms with van der Waals surface area (Å²) >= 11 is 1.82. The summed E-state index contributed by atoms with van der Waals surface area (Å²) in [4.78, 5) is 2.55. The number of hydrogen-bond acceptors (Lipinski definition) is 3. The molecule has 138 valence electrons. The highest BCUT2D eigenvalue weighted by molar-refractivity contribution is 8.03. The average molecular weight is 368 g/mol. The van der Waals surface area contributed by atoms with E-state index < -0.39 is 0 Å². The van der Waals surface area contributed by atoms with E-state index >= 15 is 0 Å². The Balaban J connectivity index is 2.06. The lowest BCUT2D eigenvalue weighted by molar-refractivity contribution is 0.423. The molecule has 0 fully saturated rings. The maximum Gasteiger partial charge on any atom is 0.123 e. The molecule has 0 aromatic heterocycles. The number of hydrogen-bond donors (Lipinski definition) is 2. The second-order valence-electron chi connectivity index (χ2n) is 9.03. The van der Waals surface area contributed by atoms with Crippen molar-refractivity contribution in [3.05, 3.63) is 58.0 Å². The Bertz CT molecular complexity index is 818. The molecule has 0 aliphatic carbocycles. The van der Waals surface area contributed by atoms with Gasteiger partial charge >= 0.3 is 0 Å². The lowest BCUT2D eigenvalue weighted by Gasteiger charge is -2.28. The third-order valence-electron chi connectivity index (χ3n) is 4.66. The van der Waals surface area contributed by atoms with Gasteiger partial charge in [-0.1, -0.05) is 65.4 Å². The van der Waals surface area contributed by atoms with Crippen LogP contribution in [0.2, 0.25) is 0 Å². The van der Waals surface area contributed by atoms with Gasteiger partial charge in [-0.2, -0.15) is 0 Å². The quantitative estimate of drug-likeness (QED) is 0.600. The highest BCUT2D eigenvalue weighted by Crippen LogP contribution is 2.42. The monoisotopic (exact) mass is 367 g/mol. The van der Waals surface area contributed by atoms with Gasteiger partial charge in [-0.25, -0.2) is 0 Å². The molecule has 2 aromatic carbocycles. The van der Waals surface area contributed by atoms with Gasteiger partial charge in [0.25, 0.3) is 0 Å². The summed E-state index contributed by atoms with van der Waals surface area (Å²) in [5, 5.41) is 14.4. The maximum atomic E-state index is 10.9. The molecule has 3 rings (SSSR count). The van der Waals surface area contributed by atoms with Crippen molar-refractivity contribution in [3.63, 3.8) is 0 Å². The van der Waals surface area contributed by atoms with Crippen LogP contribution < -0.4 is 5.32 Å². The van der Waals surface area contributed by atoms with E-state index in [2.05, 4.69) is 89.3 Å². The molecule has 0 spiro atoms. The zero-order valence-electron chi connectivity index (χ0n) is 16.6. The van der Waals surface area contributed by atoms with Gasteiger partial charge < -0.3 is 10.4 Å². The Hall–Kier alpha value is -1.87. The Morgan fingerprint density at radius 1 is 0.962 bits per heavy atom. The van der Waals surface area contributed by atoms with Gasteiger partial charge in [-0.15, -0.1) is 0 Å². The Morgan fingerprint density at radius 2 is 1.54 bits per heavy atom. The number of anilines is 1. The Kier molecular flexibility index (Phi) is 4.87. The van der Waals surface area contributed by atoms with Crippen LogP contribution in [0.4, 0.5) is 5.69 Å². The van der Waals surface area contributed by atoms with Crippen molar-refractivity contribution in [1.29, 1.82) is 0 Å². The molecule has 0 radical (unpaired) electrons. The second-order valence-corrected chi connectivity index (χ2v) is 10.2. The molecule has 2 aromatic rings. The number of benzene rings is 2. The van der Waals surface area contributed by atoms with Gasteiger partial charge in [-0.05, 0) is 46.7 Å². The van der Waals surface area contributed by atoms with Crippen LogP contribution in [-0.2, 0) is 10.8 Å². The van der Waals surface area contributed by atoms with Crippen molar-refractivity contribution in [2.24, 2.45) is 0 Å². The third-order valence-corrected chi connectivity index (χ3v) is 5.76. The fourth-order valence-electron chi connectivity index (χ4n) is 3.21. The van der Waals surface area contributed by atoms with Crippen LogP contribution in [0.25, 0.3) is 6.08 Å². The van der Waals surface area contributed by atoms with Gasteiger partial charge in [0, 0.05) is 33.2 Å². The standard InChI is InChI=1S/C23H29NOS/c1-22(2,3)17-12-15(13-18(21(17)25)23(4,5)6)11-16-14-24-19-9-7-8-10-20(19)26-16/h7-13,24-25H,14H2,1-6H3. The van der Waals surface area contributed by atoms with Crippen LogP contribution in [0.1, 0.15) is 58.2 Å². The van der Waals surface area contributed by atoms with E-state index in [4.69, 9.17) is 0 Å². The molecular weight excluding hydrogens is 338 g/mol. The number of aromatic hydroxyl groups is 1. The van der Waals surface area contributed by atoms with Crippen molar-refractivity contribution >= 4 is 23.5 Å². The summed E-state index contributed by atoms with van der Waals surface area (Å²) in [5.41, 5.74) is 4.15. The summed E-state index contributed by atoms with van der Waals surface area (Å²) in [5.74, 6) is 0.437. The van der Waals surface area contributed by atoms with Crippen molar-refractivity contribution in [3.8, 4) is 5.75 Å². The first-order valence-corrected chi connectivity index (χ1v) is 9.96. The van der Waals surface area contributed by atoms with Crippen molar-refractivity contribution in [2.45, 2.75) is 57.3 Å². The molecule has 0 amide bonds. The number of phenolic OH excluding ortho intramolecular Hbond substituents is 1. The summed E-state index contributed by atoms with van der Waals surface area (Å²) in [6.07, 6.45) is 2.25. The van der Waals surface area contributed by atoms with Gasteiger partial charge in [0.1, 0.15) is 5.75 Å². The highest BCUT2D eigenvalue weighted by Gasteiger charge is 2.26. The van der Waals surface area contributed by atoms with E-state index in [0.717, 1.165) is 23.2 Å². The summed E-state index contributed by atoms with van der Waals surface area (Å²) in [6.45, 7) is 13.7. The predicted molar refractivity (Wildman–Crippen MR) is 114 cm³/mol. The number of nitrogens with one attached hydrogen (secondary N) is 1. The maximum absolute atomic E-state index is 10.9. The first kappa shape index (κ1) is 18.9. The first-order chi connectivity index (χ1) is 12.1. The molecular formula is C23H29NOS. The van der Waals surface area contributed by atoms with Crippen LogP contribution in [-0.4, -0.2) is 11.7 Å². The normalized spacial score (nSPS) is 16.3. The summed E-state index contributed by atoms with van der Waals surface area (Å²) in [6, 6.07) is 12.7. The SMILES string of the molecule is CC(C)(C)c1cc(C=C2CNc3ccccc3S2)cc(C(C)(C)C)c1O. The van der Waals surface area contributed by atoms with E-state index in [0.29, 0.717) is 5.75 Å². The number of phenols is 1. The van der Waals surface area contributed by atoms with Gasteiger partial charge in [0.15, 0.2) is 0 Å². The minimum absolute atomic E-state index is 0.108. The van der Waals surface area contributed by atoms with Gasteiger partial charge in [0.05, 0.1) is 0 Å². The smallest absolute Gasteiger partial charge is 0.123 e. The molecule has 0 atom stereocenters. The molecule has 3 heteroatoms. The van der Waals surface area contributed by atoms with E-state index in [1.807, 2.05) is 11.8 Å². The number of thioether (sulfide) groups is 1. The number of fused-ring (bicyclic) bond motifs is 1. The topological polar surface area (TPSA) is 32.3 Å². The molecule has 26 heavy (non-hydrogen) atoms. The Morgan fingerprint density at radius 3 is 2.12 bits per heavy atom. The highest BCUT2D eigenvalue weighted by atomic mass is 32.2. The third kappa shape index (κ3) is 3.93. The Labute approximate surface area is 161 Å². The molecule has 1 aliphatic heterocycles. The van der Waals surface area contributed by atoms with Crippen molar-refractivity contribution in [1.82, 2.24) is 0 Å². The van der Waals surface area contributed by atoms with Crippen LogP contribution >= 0.6 is 11.8 Å². The van der Waals surface area contributed by atoms with E-state index in [-0.39, 0.29) is 10.8 Å². The molecule has 0 unspecified atom stereocenters. The predicted octanol–water partition coefficient (Wildman–Crippen LogP) is 6.55. The lowest BCUT2D eigenvalue weighted by atomic mass is 9.78. The molecule has 2 nitrogen and oxygen atoms in total. The molecule has 0 bridgehead atoms. The number of para-hydroxylation sites is 1. The zero-order chi connectivity index (χ0) is 19.1. The van der Waals surface area contributed by atoms with E-state index in [9.17, 15) is 5.11 Å². The largest absolute Gasteiger partial charge is 0.507 e. The summed E-state index contributed by atoms with van der Waals surface area (Å²) in [7, 11) is 0. The molecule has 0 saturated heterocycles. The zero-order valence-corrected chi connectivity index (χ0v) is 17.4. The average Bonchev–Trinajstić information content (AvgIpc) is 2.54. The molecule has 1 aliphatic rings. The van der Waals surface area contributed by atoms with Crippen LogP contribution in [0.5, 0.6) is 5.75 Å². The molecule has 1 heterocycles. The van der Waals surface area contributed by atoms with Crippen LogP contribution in [0.3, 0.4) is 0 Å². The van der Waals surface area contributed by atoms with Crippen molar-refractivity contribution in [2.75, 3.05) is 11.9 Å². The number of rotatable bonds is 1. The minimum atomic E-state index is -0.108. The molecule has 0 saturated carbocycles. The van der Waals surface area contributed by atoms with Crippen molar-refractivity contribution < 1.29 is 5.11 Å². The van der Waals surface area contributed by atoms with E-state index in [1.165, 1.54) is 15.5 Å². The van der Waals surface area contributed by atoms with E-state index in [1.54, 1.807) is 0 Å². The second kappa shape index (κ2) is 6.70. The van der Waals surface area contributed by atoms with Crippen LogP contribution in [0.15, 0.2) is 46.2 Å². The first-order valence-electron chi connectivity index (χ1n) is 9.15.